The second kappa shape index (κ2) is 3.62. The fraction of sp³-hybridized carbons (Fsp3) is 0.500. The quantitative estimate of drug-likeness (QED) is 0.787. The maximum atomic E-state index is 5.84. The Morgan fingerprint density at radius 1 is 1.29 bits per heavy atom. The number of benzene rings is 1. The molecule has 1 fully saturated rings. The van der Waals surface area contributed by atoms with Crippen molar-refractivity contribution in [2.75, 3.05) is 18.0 Å². The molecule has 2 N–H and O–H groups in total. The van der Waals surface area contributed by atoms with Gasteiger partial charge in [0, 0.05) is 18.8 Å². The van der Waals surface area contributed by atoms with Crippen LogP contribution >= 0.6 is 0 Å². The summed E-state index contributed by atoms with van der Waals surface area (Å²) in [6.45, 7) is 4.01. The molecule has 2 rings (SSSR count). The monoisotopic (exact) mass is 190 g/mol. The summed E-state index contributed by atoms with van der Waals surface area (Å²) in [5, 5.41) is 0. The van der Waals surface area contributed by atoms with E-state index in [1.165, 1.54) is 18.5 Å². The molecule has 1 aliphatic carbocycles. The van der Waals surface area contributed by atoms with Gasteiger partial charge in [-0.05, 0) is 31.9 Å². The van der Waals surface area contributed by atoms with Crippen LogP contribution in [-0.2, 0) is 0 Å². The van der Waals surface area contributed by atoms with Gasteiger partial charge in [-0.2, -0.15) is 0 Å². The zero-order valence-corrected chi connectivity index (χ0v) is 8.74. The van der Waals surface area contributed by atoms with Gasteiger partial charge in [0.15, 0.2) is 0 Å². The van der Waals surface area contributed by atoms with Gasteiger partial charge < -0.3 is 10.6 Å². The number of hydrogen-bond acceptors (Lipinski definition) is 2. The van der Waals surface area contributed by atoms with E-state index in [-0.39, 0.29) is 5.54 Å². The molecule has 0 atom stereocenters. The highest BCUT2D eigenvalue weighted by molar-refractivity contribution is 5.51. The standard InChI is InChI=1S/C12H18N2/c1-2-14(12(10-13)8-9-12)11-6-4-3-5-7-11/h3-7H,2,8-10,13H2,1H3. The molecule has 0 aliphatic heterocycles. The van der Waals surface area contributed by atoms with E-state index in [0.29, 0.717) is 0 Å². The highest BCUT2D eigenvalue weighted by Crippen LogP contribution is 2.42. The summed E-state index contributed by atoms with van der Waals surface area (Å²) in [5.74, 6) is 0. The number of nitrogens with zero attached hydrogens (tertiary/aromatic N) is 1. The summed E-state index contributed by atoms with van der Waals surface area (Å²) in [6.07, 6.45) is 2.48. The number of likely N-dealkylation sites (N-methyl/N-ethyl adjacent to an activating group) is 1. The van der Waals surface area contributed by atoms with Crippen molar-refractivity contribution in [1.29, 1.82) is 0 Å². The summed E-state index contributed by atoms with van der Waals surface area (Å²) in [4.78, 5) is 2.44. The van der Waals surface area contributed by atoms with Gasteiger partial charge in [-0.1, -0.05) is 18.2 Å². The summed E-state index contributed by atoms with van der Waals surface area (Å²) in [6, 6.07) is 10.6. The van der Waals surface area contributed by atoms with Crippen LogP contribution in [0.25, 0.3) is 0 Å². The normalized spacial score (nSPS) is 17.9. The molecule has 0 amide bonds. The van der Waals surface area contributed by atoms with Crippen molar-refractivity contribution >= 4 is 5.69 Å². The Hall–Kier alpha value is -1.02. The molecule has 0 radical (unpaired) electrons. The number of para-hydroxylation sites is 1. The van der Waals surface area contributed by atoms with Crippen LogP contribution in [0, 0.1) is 0 Å². The van der Waals surface area contributed by atoms with Crippen LogP contribution < -0.4 is 10.6 Å². The largest absolute Gasteiger partial charge is 0.365 e. The molecule has 2 nitrogen and oxygen atoms in total. The Bertz CT molecular complexity index is 290. The summed E-state index contributed by atoms with van der Waals surface area (Å²) in [7, 11) is 0. The second-order valence-corrected chi connectivity index (χ2v) is 4.01. The van der Waals surface area contributed by atoms with Crippen molar-refractivity contribution in [3.8, 4) is 0 Å². The predicted octanol–water partition coefficient (Wildman–Crippen LogP) is 2.00. The maximum Gasteiger partial charge on any atom is 0.0525 e. The molecular weight excluding hydrogens is 172 g/mol. The van der Waals surface area contributed by atoms with E-state index in [9.17, 15) is 0 Å². The zero-order valence-electron chi connectivity index (χ0n) is 8.74. The zero-order chi connectivity index (χ0) is 10.0. The van der Waals surface area contributed by atoms with E-state index in [1.807, 2.05) is 0 Å². The predicted molar refractivity (Wildman–Crippen MR) is 60.5 cm³/mol. The molecule has 0 heterocycles. The van der Waals surface area contributed by atoms with Gasteiger partial charge in [0.05, 0.1) is 5.54 Å². The SMILES string of the molecule is CCN(c1ccccc1)C1(CN)CC1. The first-order valence-corrected chi connectivity index (χ1v) is 5.35. The Balaban J connectivity index is 2.22. The van der Waals surface area contributed by atoms with E-state index in [4.69, 9.17) is 5.73 Å². The molecule has 1 aromatic carbocycles. The topological polar surface area (TPSA) is 29.3 Å². The van der Waals surface area contributed by atoms with Gasteiger partial charge in [-0.3, -0.25) is 0 Å². The van der Waals surface area contributed by atoms with Crippen molar-refractivity contribution in [2.45, 2.75) is 25.3 Å². The van der Waals surface area contributed by atoms with Crippen molar-refractivity contribution in [2.24, 2.45) is 5.73 Å². The van der Waals surface area contributed by atoms with Crippen LogP contribution in [0.5, 0.6) is 0 Å². The third kappa shape index (κ3) is 1.50. The number of nitrogens with two attached hydrogens (primary N) is 1. The minimum absolute atomic E-state index is 0.274. The first kappa shape index (κ1) is 9.53. The number of anilines is 1. The van der Waals surface area contributed by atoms with Crippen LogP contribution in [0.1, 0.15) is 19.8 Å². The summed E-state index contributed by atoms with van der Waals surface area (Å²) >= 11 is 0. The van der Waals surface area contributed by atoms with E-state index >= 15 is 0 Å². The molecule has 76 valence electrons. The molecule has 1 aliphatic rings. The molecule has 0 aromatic heterocycles. The van der Waals surface area contributed by atoms with E-state index < -0.39 is 0 Å². The molecule has 2 heteroatoms. The fourth-order valence-corrected chi connectivity index (χ4v) is 2.13. The van der Waals surface area contributed by atoms with Gasteiger partial charge in [-0.25, -0.2) is 0 Å². The molecule has 0 saturated heterocycles. The molecule has 0 unspecified atom stereocenters. The van der Waals surface area contributed by atoms with Gasteiger partial charge in [0.1, 0.15) is 0 Å². The third-order valence-electron chi connectivity index (χ3n) is 3.16. The maximum absolute atomic E-state index is 5.84. The number of hydrogen-bond donors (Lipinski definition) is 1. The first-order chi connectivity index (χ1) is 6.82. The molecule has 0 spiro atoms. The smallest absolute Gasteiger partial charge is 0.0525 e. The van der Waals surface area contributed by atoms with Crippen molar-refractivity contribution in [3.63, 3.8) is 0 Å². The fourth-order valence-electron chi connectivity index (χ4n) is 2.13. The highest BCUT2D eigenvalue weighted by atomic mass is 15.2. The van der Waals surface area contributed by atoms with E-state index in [0.717, 1.165) is 13.1 Å². The van der Waals surface area contributed by atoms with Gasteiger partial charge in [0.25, 0.3) is 0 Å². The molecule has 1 aromatic rings. The lowest BCUT2D eigenvalue weighted by atomic mass is 10.2. The second-order valence-electron chi connectivity index (χ2n) is 4.01. The Morgan fingerprint density at radius 3 is 2.36 bits per heavy atom. The molecule has 0 bridgehead atoms. The molecular formula is C12H18N2. The lowest BCUT2D eigenvalue weighted by Gasteiger charge is -2.32. The minimum atomic E-state index is 0.274. The van der Waals surface area contributed by atoms with Crippen LogP contribution in [0.15, 0.2) is 30.3 Å². The minimum Gasteiger partial charge on any atom is -0.365 e. The first-order valence-electron chi connectivity index (χ1n) is 5.35. The van der Waals surface area contributed by atoms with Crippen molar-refractivity contribution < 1.29 is 0 Å². The van der Waals surface area contributed by atoms with Crippen LogP contribution in [0.3, 0.4) is 0 Å². The average Bonchev–Trinajstić information content (AvgIpc) is 3.02. The number of rotatable bonds is 4. The van der Waals surface area contributed by atoms with Crippen molar-refractivity contribution in [3.05, 3.63) is 30.3 Å². The summed E-state index contributed by atoms with van der Waals surface area (Å²) in [5.41, 5.74) is 7.42. The Morgan fingerprint density at radius 2 is 1.93 bits per heavy atom. The molecule has 14 heavy (non-hydrogen) atoms. The van der Waals surface area contributed by atoms with Gasteiger partial charge in [0.2, 0.25) is 0 Å². The van der Waals surface area contributed by atoms with Crippen LogP contribution in [0.4, 0.5) is 5.69 Å². The van der Waals surface area contributed by atoms with Crippen LogP contribution in [-0.4, -0.2) is 18.6 Å². The highest BCUT2D eigenvalue weighted by Gasteiger charge is 2.46. The Kier molecular flexibility index (Phi) is 2.46. The van der Waals surface area contributed by atoms with Gasteiger partial charge in [-0.15, -0.1) is 0 Å². The van der Waals surface area contributed by atoms with E-state index in [2.05, 4.69) is 42.2 Å². The average molecular weight is 190 g/mol. The Labute approximate surface area is 85.7 Å². The lowest BCUT2D eigenvalue weighted by molar-refractivity contribution is 0.603. The van der Waals surface area contributed by atoms with E-state index in [1.54, 1.807) is 0 Å². The third-order valence-corrected chi connectivity index (χ3v) is 3.16. The van der Waals surface area contributed by atoms with Crippen LogP contribution in [0.2, 0.25) is 0 Å². The van der Waals surface area contributed by atoms with Gasteiger partial charge >= 0.3 is 0 Å². The van der Waals surface area contributed by atoms with Crippen molar-refractivity contribution in [1.82, 2.24) is 0 Å². The lowest BCUT2D eigenvalue weighted by Crippen LogP contribution is -2.43. The summed E-state index contributed by atoms with van der Waals surface area (Å²) < 4.78 is 0. The molecule has 1 saturated carbocycles.